The van der Waals surface area contributed by atoms with E-state index in [1.54, 1.807) is 55.6 Å². The minimum atomic E-state index is -1.33. The predicted molar refractivity (Wildman–Crippen MR) is 116 cm³/mol. The van der Waals surface area contributed by atoms with Crippen LogP contribution < -0.4 is 21.3 Å². The molecule has 0 bridgehead atoms. The number of nitrogens with zero attached hydrogens (tertiary/aromatic N) is 1. The van der Waals surface area contributed by atoms with Gasteiger partial charge >= 0.3 is 24.1 Å². The lowest BCUT2D eigenvalue weighted by Gasteiger charge is -2.17. The van der Waals surface area contributed by atoms with E-state index in [0.717, 1.165) is 0 Å². The van der Waals surface area contributed by atoms with Gasteiger partial charge in [0.2, 0.25) is 0 Å². The maximum Gasteiger partial charge on any atom is 0.414 e. The molecule has 1 unspecified atom stereocenters. The zero-order valence-electron chi connectivity index (χ0n) is 17.3. The van der Waals surface area contributed by atoms with Crippen molar-refractivity contribution in [1.82, 2.24) is 5.32 Å². The highest BCUT2D eigenvalue weighted by Gasteiger charge is 2.21. The highest BCUT2D eigenvalue weighted by Crippen LogP contribution is 2.17. The Hall–Kier alpha value is -4.28. The summed E-state index contributed by atoms with van der Waals surface area (Å²) in [5.41, 5.74) is 7.87. The highest BCUT2D eigenvalue weighted by atomic mass is 16.6. The fourth-order valence-corrected chi connectivity index (χ4v) is 2.58. The molecule has 11 nitrogen and oxygen atoms in total. The summed E-state index contributed by atoms with van der Waals surface area (Å²) in [7, 11) is 1.57. The number of benzene rings is 2. The van der Waals surface area contributed by atoms with Gasteiger partial charge in [0.05, 0.1) is 0 Å². The number of amides is 3. The highest BCUT2D eigenvalue weighted by molar-refractivity contribution is 5.92. The van der Waals surface area contributed by atoms with Crippen molar-refractivity contribution in [2.75, 3.05) is 23.0 Å². The van der Waals surface area contributed by atoms with Crippen LogP contribution >= 0.6 is 0 Å². The lowest BCUT2D eigenvalue weighted by atomic mass is 10.1. The average Bonchev–Trinajstić information content (AvgIpc) is 2.75. The summed E-state index contributed by atoms with van der Waals surface area (Å²) in [6.45, 7) is 0.000892. The van der Waals surface area contributed by atoms with E-state index in [9.17, 15) is 19.2 Å². The summed E-state index contributed by atoms with van der Waals surface area (Å²) in [6.07, 6.45) is -1.19. The Morgan fingerprint density at radius 1 is 1.03 bits per heavy atom. The molecule has 1 atom stereocenters. The van der Waals surface area contributed by atoms with Gasteiger partial charge in [-0.15, -0.1) is 0 Å². The monoisotopic (exact) mass is 444 g/mol. The third kappa shape index (κ3) is 7.52. The van der Waals surface area contributed by atoms with E-state index in [1.807, 2.05) is 0 Å². The van der Waals surface area contributed by atoms with Gasteiger partial charge < -0.3 is 31.3 Å². The third-order valence-corrected chi connectivity index (χ3v) is 4.38. The van der Waals surface area contributed by atoms with Crippen LogP contribution in [0.5, 0.6) is 0 Å². The van der Waals surface area contributed by atoms with Crippen molar-refractivity contribution in [1.29, 1.82) is 0 Å². The maximum absolute atomic E-state index is 12.2. The van der Waals surface area contributed by atoms with Gasteiger partial charge in [0.15, 0.2) is 0 Å². The minimum absolute atomic E-state index is 0.000892. The Labute approximate surface area is 183 Å². The van der Waals surface area contributed by atoms with E-state index < -0.39 is 36.5 Å². The number of rotatable bonds is 9. The Morgan fingerprint density at radius 2 is 1.66 bits per heavy atom. The molecule has 0 aliphatic rings. The summed E-state index contributed by atoms with van der Waals surface area (Å²) in [6, 6.07) is 11.0. The van der Waals surface area contributed by atoms with E-state index in [2.05, 4.69) is 10.6 Å². The average molecular weight is 444 g/mol. The molecule has 2 rings (SSSR count). The molecule has 2 aromatic rings. The third-order valence-electron chi connectivity index (χ3n) is 4.38. The van der Waals surface area contributed by atoms with Crippen LogP contribution in [0.2, 0.25) is 0 Å². The van der Waals surface area contributed by atoms with Gasteiger partial charge in [-0.1, -0.05) is 12.1 Å². The number of nitrogens with two attached hydrogens (primary N) is 1. The molecular weight excluding hydrogens is 420 g/mol. The van der Waals surface area contributed by atoms with Crippen LogP contribution in [0.1, 0.15) is 18.4 Å². The van der Waals surface area contributed by atoms with Crippen LogP contribution in [-0.4, -0.2) is 47.4 Å². The molecule has 6 N–H and O–H groups in total. The van der Waals surface area contributed by atoms with Crippen molar-refractivity contribution in [2.45, 2.75) is 25.5 Å². The van der Waals surface area contributed by atoms with Gasteiger partial charge in [-0.05, 0) is 48.4 Å². The fourth-order valence-electron chi connectivity index (χ4n) is 2.58. The van der Waals surface area contributed by atoms with Crippen molar-refractivity contribution in [3.05, 3.63) is 54.1 Å². The number of carboxylic acids is 2. The van der Waals surface area contributed by atoms with Gasteiger partial charge in [-0.25, -0.2) is 14.4 Å². The van der Waals surface area contributed by atoms with Crippen molar-refractivity contribution in [3.8, 4) is 0 Å². The van der Waals surface area contributed by atoms with Crippen LogP contribution in [0, 0.1) is 0 Å². The SMILES string of the molecule is CN(C(=O)OCc1ccc(NC(=O)NC(CCC(=O)O)C(=O)O)cc1)c1ccc(N)cc1. The molecule has 11 heteroatoms. The molecular formula is C21H24N4O7. The van der Waals surface area contributed by atoms with E-state index in [-0.39, 0.29) is 13.0 Å². The van der Waals surface area contributed by atoms with Crippen LogP contribution in [-0.2, 0) is 20.9 Å². The topological polar surface area (TPSA) is 171 Å². The van der Waals surface area contributed by atoms with Crippen LogP contribution in [0.3, 0.4) is 0 Å². The van der Waals surface area contributed by atoms with Gasteiger partial charge in [-0.2, -0.15) is 0 Å². The number of aliphatic carboxylic acids is 2. The molecule has 0 spiro atoms. The molecule has 0 radical (unpaired) electrons. The predicted octanol–water partition coefficient (Wildman–Crippen LogP) is 2.48. The Bertz CT molecular complexity index is 961. The van der Waals surface area contributed by atoms with E-state index in [0.29, 0.717) is 22.6 Å². The quantitative estimate of drug-likeness (QED) is 0.367. The number of carboxylic acid groups (broad SMARTS) is 2. The molecule has 3 amide bonds. The zero-order valence-corrected chi connectivity index (χ0v) is 17.3. The molecule has 0 fully saturated rings. The van der Waals surface area contributed by atoms with E-state index in [4.69, 9.17) is 20.7 Å². The summed E-state index contributed by atoms with van der Waals surface area (Å²) in [5, 5.41) is 22.4. The Kier molecular flexibility index (Phi) is 8.40. The number of hydrogen-bond donors (Lipinski definition) is 5. The first kappa shape index (κ1) is 24.0. The second-order valence-electron chi connectivity index (χ2n) is 6.82. The molecule has 0 aromatic heterocycles. The smallest absolute Gasteiger partial charge is 0.414 e. The van der Waals surface area contributed by atoms with E-state index in [1.165, 1.54) is 4.90 Å². The number of urea groups is 1. The number of carbonyl (C=O) groups is 4. The molecule has 170 valence electrons. The van der Waals surface area contributed by atoms with Gasteiger partial charge in [0.1, 0.15) is 12.6 Å². The van der Waals surface area contributed by atoms with Crippen molar-refractivity contribution in [3.63, 3.8) is 0 Å². The molecule has 0 saturated carbocycles. The number of anilines is 3. The number of nitrogens with one attached hydrogen (secondary N) is 2. The summed E-state index contributed by atoms with van der Waals surface area (Å²) < 4.78 is 5.26. The normalized spacial score (nSPS) is 11.2. The first-order chi connectivity index (χ1) is 15.2. The van der Waals surface area contributed by atoms with Crippen LogP contribution in [0.4, 0.5) is 26.7 Å². The lowest BCUT2D eigenvalue weighted by Crippen LogP contribution is -2.43. The zero-order chi connectivity index (χ0) is 23.7. The van der Waals surface area contributed by atoms with Crippen molar-refractivity contribution >= 4 is 41.1 Å². The molecule has 0 aliphatic carbocycles. The Balaban J connectivity index is 1.85. The first-order valence-corrected chi connectivity index (χ1v) is 9.53. The van der Waals surface area contributed by atoms with Gasteiger partial charge in [0.25, 0.3) is 0 Å². The number of nitrogen functional groups attached to an aromatic ring is 1. The van der Waals surface area contributed by atoms with Crippen molar-refractivity contribution < 1.29 is 34.1 Å². The molecule has 2 aromatic carbocycles. The molecule has 0 saturated heterocycles. The number of carbonyl (C=O) groups excluding carboxylic acids is 2. The summed E-state index contributed by atoms with van der Waals surface area (Å²) >= 11 is 0. The Morgan fingerprint density at radius 3 is 2.22 bits per heavy atom. The summed E-state index contributed by atoms with van der Waals surface area (Å²) in [5.74, 6) is -2.49. The molecule has 0 heterocycles. The molecule has 0 aliphatic heterocycles. The largest absolute Gasteiger partial charge is 0.481 e. The van der Waals surface area contributed by atoms with Gasteiger partial charge in [0, 0.05) is 30.5 Å². The summed E-state index contributed by atoms with van der Waals surface area (Å²) in [4.78, 5) is 47.2. The van der Waals surface area contributed by atoms with Crippen LogP contribution in [0.15, 0.2) is 48.5 Å². The number of hydrogen-bond acceptors (Lipinski definition) is 6. The van der Waals surface area contributed by atoms with Crippen LogP contribution in [0.25, 0.3) is 0 Å². The van der Waals surface area contributed by atoms with E-state index >= 15 is 0 Å². The second-order valence-corrected chi connectivity index (χ2v) is 6.82. The number of ether oxygens (including phenoxy) is 1. The standard InChI is InChI=1S/C21H24N4O7/c1-25(16-8-4-14(22)5-9-16)21(31)32-12-13-2-6-15(7-3-13)23-20(30)24-17(19(28)29)10-11-18(26)27/h2-9,17H,10-12,22H2,1H3,(H,26,27)(H,28,29)(H2,23,24,30). The minimum Gasteiger partial charge on any atom is -0.481 e. The second kappa shape index (κ2) is 11.2. The molecule has 32 heavy (non-hydrogen) atoms. The first-order valence-electron chi connectivity index (χ1n) is 9.53. The maximum atomic E-state index is 12.2. The van der Waals surface area contributed by atoms with Gasteiger partial charge in [-0.3, -0.25) is 9.69 Å². The fraction of sp³-hybridized carbons (Fsp3) is 0.238. The van der Waals surface area contributed by atoms with Crippen molar-refractivity contribution in [2.24, 2.45) is 0 Å². The lowest BCUT2D eigenvalue weighted by molar-refractivity contribution is -0.140.